The highest BCUT2D eigenvalue weighted by Crippen LogP contribution is 2.24. The molecule has 6 heteroatoms. The zero-order valence-electron chi connectivity index (χ0n) is 13.7. The summed E-state index contributed by atoms with van der Waals surface area (Å²) in [6, 6.07) is 5.24. The number of primary amides is 1. The van der Waals surface area contributed by atoms with Gasteiger partial charge in [-0.3, -0.25) is 9.59 Å². The van der Waals surface area contributed by atoms with Crippen LogP contribution in [0.25, 0.3) is 10.9 Å². The van der Waals surface area contributed by atoms with Crippen LogP contribution in [0.5, 0.6) is 5.75 Å². The molecule has 1 atom stereocenters. The number of hydrogen-bond acceptors (Lipinski definition) is 4. The Bertz CT molecular complexity index is 767. The average Bonchev–Trinajstić information content (AvgIpc) is 2.53. The molecule has 1 amide bonds. The summed E-state index contributed by atoms with van der Waals surface area (Å²) in [4.78, 5) is 24.2. The van der Waals surface area contributed by atoms with Crippen molar-refractivity contribution in [3.63, 3.8) is 0 Å². The topological polar surface area (TPSA) is 83.5 Å². The lowest BCUT2D eigenvalue weighted by atomic mass is 10.1. The second-order valence-corrected chi connectivity index (χ2v) is 5.07. The van der Waals surface area contributed by atoms with Crippen molar-refractivity contribution in [2.24, 2.45) is 5.73 Å². The third kappa shape index (κ3) is 3.37. The number of rotatable bonds is 7. The molecule has 0 saturated heterocycles. The molecule has 2 aromatic rings. The van der Waals surface area contributed by atoms with Gasteiger partial charge in [-0.1, -0.05) is 6.92 Å². The molecule has 0 radical (unpaired) electrons. The van der Waals surface area contributed by atoms with Crippen LogP contribution >= 0.6 is 0 Å². The number of pyridine rings is 1. The van der Waals surface area contributed by atoms with Gasteiger partial charge in [-0.2, -0.15) is 0 Å². The molecule has 0 aliphatic heterocycles. The maximum absolute atomic E-state index is 12.5. The van der Waals surface area contributed by atoms with E-state index in [1.807, 2.05) is 20.8 Å². The number of fused-ring (bicyclic) bond motifs is 1. The van der Waals surface area contributed by atoms with E-state index < -0.39 is 11.3 Å². The van der Waals surface area contributed by atoms with Crippen molar-refractivity contribution in [1.82, 2.24) is 4.57 Å². The Kier molecular flexibility index (Phi) is 5.39. The summed E-state index contributed by atoms with van der Waals surface area (Å²) in [5, 5.41) is 0.394. The third-order valence-corrected chi connectivity index (χ3v) is 3.60. The van der Waals surface area contributed by atoms with Crippen molar-refractivity contribution < 1.29 is 14.3 Å². The van der Waals surface area contributed by atoms with Gasteiger partial charge in [0, 0.05) is 12.8 Å². The molecule has 1 unspecified atom stereocenters. The van der Waals surface area contributed by atoms with Gasteiger partial charge < -0.3 is 19.8 Å². The van der Waals surface area contributed by atoms with Crippen molar-refractivity contribution in [2.45, 2.75) is 33.4 Å². The minimum absolute atomic E-state index is 0.0516. The first-order valence-corrected chi connectivity index (χ1v) is 7.76. The van der Waals surface area contributed by atoms with Gasteiger partial charge in [0.25, 0.3) is 5.91 Å². The van der Waals surface area contributed by atoms with E-state index in [1.54, 1.807) is 22.8 Å². The van der Waals surface area contributed by atoms with Crippen LogP contribution in [0, 0.1) is 0 Å². The number of ether oxygens (including phenoxy) is 2. The number of benzene rings is 1. The van der Waals surface area contributed by atoms with E-state index in [2.05, 4.69) is 0 Å². The summed E-state index contributed by atoms with van der Waals surface area (Å²) in [6.07, 6.45) is 1.90. The predicted molar refractivity (Wildman–Crippen MR) is 88.8 cm³/mol. The minimum Gasteiger partial charge on any atom is -0.494 e. The van der Waals surface area contributed by atoms with Crippen LogP contribution in [0.4, 0.5) is 0 Å². The SMILES string of the molecule is CCOc1ccc2c(c1)c(=O)c(C(N)=O)cn2C(CC)OCC. The van der Waals surface area contributed by atoms with Crippen LogP contribution in [0.1, 0.15) is 43.8 Å². The molecule has 1 heterocycles. The molecule has 1 aromatic carbocycles. The van der Waals surface area contributed by atoms with E-state index >= 15 is 0 Å². The Morgan fingerprint density at radius 1 is 1.26 bits per heavy atom. The Morgan fingerprint density at radius 3 is 2.57 bits per heavy atom. The fourth-order valence-electron chi connectivity index (χ4n) is 2.59. The fourth-order valence-corrected chi connectivity index (χ4v) is 2.59. The molecular formula is C17H22N2O4. The summed E-state index contributed by atoms with van der Waals surface area (Å²) < 4.78 is 13.0. The van der Waals surface area contributed by atoms with Crippen LogP contribution in [-0.4, -0.2) is 23.7 Å². The number of nitrogens with zero attached hydrogens (tertiary/aromatic N) is 1. The summed E-state index contributed by atoms with van der Waals surface area (Å²) in [7, 11) is 0. The maximum Gasteiger partial charge on any atom is 0.254 e. The van der Waals surface area contributed by atoms with E-state index in [1.165, 1.54) is 6.20 Å². The molecular weight excluding hydrogens is 296 g/mol. The summed E-state index contributed by atoms with van der Waals surface area (Å²) in [5.74, 6) is -0.173. The van der Waals surface area contributed by atoms with E-state index in [9.17, 15) is 9.59 Å². The number of carbonyl (C=O) groups excluding carboxylic acids is 1. The first-order valence-electron chi connectivity index (χ1n) is 7.76. The molecule has 124 valence electrons. The first kappa shape index (κ1) is 17.0. The molecule has 1 aromatic heterocycles. The number of nitrogens with two attached hydrogens (primary N) is 1. The molecule has 2 rings (SSSR count). The van der Waals surface area contributed by atoms with Crippen molar-refractivity contribution in [3.8, 4) is 5.75 Å². The number of amides is 1. The highest BCUT2D eigenvalue weighted by Gasteiger charge is 2.18. The van der Waals surface area contributed by atoms with Crippen molar-refractivity contribution in [2.75, 3.05) is 13.2 Å². The fraction of sp³-hybridized carbons (Fsp3) is 0.412. The summed E-state index contributed by atoms with van der Waals surface area (Å²) in [5.41, 5.74) is 5.60. The molecule has 2 N–H and O–H groups in total. The van der Waals surface area contributed by atoms with Gasteiger partial charge in [0.05, 0.1) is 17.5 Å². The average molecular weight is 318 g/mol. The molecule has 0 saturated carbocycles. The largest absolute Gasteiger partial charge is 0.494 e. The van der Waals surface area contributed by atoms with Crippen LogP contribution < -0.4 is 15.9 Å². The molecule has 0 aliphatic carbocycles. The molecule has 0 aliphatic rings. The van der Waals surface area contributed by atoms with E-state index in [0.717, 1.165) is 0 Å². The van der Waals surface area contributed by atoms with Crippen LogP contribution in [-0.2, 0) is 4.74 Å². The van der Waals surface area contributed by atoms with Gasteiger partial charge in [-0.05, 0) is 38.5 Å². The van der Waals surface area contributed by atoms with Gasteiger partial charge in [-0.15, -0.1) is 0 Å². The van der Waals surface area contributed by atoms with Crippen LogP contribution in [0.3, 0.4) is 0 Å². The lowest BCUT2D eigenvalue weighted by Gasteiger charge is -2.22. The first-order chi connectivity index (χ1) is 11.0. The number of carbonyl (C=O) groups is 1. The maximum atomic E-state index is 12.5. The Hall–Kier alpha value is -2.34. The van der Waals surface area contributed by atoms with Gasteiger partial charge in [-0.25, -0.2) is 0 Å². The molecule has 0 fully saturated rings. The second kappa shape index (κ2) is 7.28. The quantitative estimate of drug-likeness (QED) is 0.850. The molecule has 0 spiro atoms. The zero-order valence-corrected chi connectivity index (χ0v) is 13.7. The van der Waals surface area contributed by atoms with Gasteiger partial charge in [0.15, 0.2) is 0 Å². The Labute approximate surface area is 134 Å². The smallest absolute Gasteiger partial charge is 0.254 e. The lowest BCUT2D eigenvalue weighted by Crippen LogP contribution is -2.26. The van der Waals surface area contributed by atoms with Crippen molar-refractivity contribution >= 4 is 16.8 Å². The number of aromatic nitrogens is 1. The standard InChI is InChI=1S/C17H22N2O4/c1-4-15(23-6-3)19-10-13(17(18)21)16(20)12-9-11(22-5-2)7-8-14(12)19/h7-10,15H,4-6H2,1-3H3,(H2,18,21). The number of hydrogen-bond donors (Lipinski definition) is 1. The second-order valence-electron chi connectivity index (χ2n) is 5.07. The monoisotopic (exact) mass is 318 g/mol. The summed E-state index contributed by atoms with van der Waals surface area (Å²) in [6.45, 7) is 6.75. The Morgan fingerprint density at radius 2 is 2.00 bits per heavy atom. The van der Waals surface area contributed by atoms with Crippen molar-refractivity contribution in [1.29, 1.82) is 0 Å². The van der Waals surface area contributed by atoms with Gasteiger partial charge in [0.1, 0.15) is 17.5 Å². The van der Waals surface area contributed by atoms with Gasteiger partial charge >= 0.3 is 0 Å². The lowest BCUT2D eigenvalue weighted by molar-refractivity contribution is 0.0103. The highest BCUT2D eigenvalue weighted by atomic mass is 16.5. The van der Waals surface area contributed by atoms with Crippen molar-refractivity contribution in [3.05, 3.63) is 40.2 Å². The van der Waals surface area contributed by atoms with E-state index in [0.29, 0.717) is 36.3 Å². The Balaban J connectivity index is 2.77. The predicted octanol–water partition coefficient (Wildman–Crippen LogP) is 2.44. The van der Waals surface area contributed by atoms with Crippen LogP contribution in [0.2, 0.25) is 0 Å². The van der Waals surface area contributed by atoms with E-state index in [4.69, 9.17) is 15.2 Å². The van der Waals surface area contributed by atoms with Gasteiger partial charge in [0.2, 0.25) is 5.43 Å². The zero-order chi connectivity index (χ0) is 17.0. The van der Waals surface area contributed by atoms with E-state index in [-0.39, 0.29) is 11.8 Å². The third-order valence-electron chi connectivity index (χ3n) is 3.60. The molecule has 23 heavy (non-hydrogen) atoms. The molecule has 6 nitrogen and oxygen atoms in total. The highest BCUT2D eigenvalue weighted by molar-refractivity contribution is 5.96. The molecule has 0 bridgehead atoms. The minimum atomic E-state index is -0.751. The van der Waals surface area contributed by atoms with Crippen LogP contribution in [0.15, 0.2) is 29.2 Å². The summed E-state index contributed by atoms with van der Waals surface area (Å²) >= 11 is 0. The normalized spacial score (nSPS) is 12.3.